The molecular weight excluding hydrogens is 323 g/mol. The molecule has 0 fully saturated rings. The summed E-state index contributed by atoms with van der Waals surface area (Å²) in [6.07, 6.45) is 1.58. The second-order valence-electron chi connectivity index (χ2n) is 6.11. The van der Waals surface area contributed by atoms with E-state index >= 15 is 0 Å². The normalized spacial score (nSPS) is 12.3. The lowest BCUT2D eigenvalue weighted by molar-refractivity contribution is -0.122. The predicted octanol–water partition coefficient (Wildman–Crippen LogP) is 2.13. The Hall–Kier alpha value is -2.96. The van der Waals surface area contributed by atoms with Crippen molar-refractivity contribution in [1.82, 2.24) is 19.5 Å². The number of carbonyl (C=O) groups is 1. The van der Waals surface area contributed by atoms with Crippen molar-refractivity contribution in [2.75, 3.05) is 0 Å². The highest BCUT2D eigenvalue weighted by atomic mass is 19.1. The molecular formula is C18H19FN4O2. The van der Waals surface area contributed by atoms with E-state index < -0.39 is 0 Å². The SMILES string of the molecule is Cc1cc(C)n2c(=O)n(CC(=O)N[C@@H](C)c3ccc(F)cc3)ncc12. The van der Waals surface area contributed by atoms with Crippen LogP contribution in [0.15, 0.2) is 41.3 Å². The summed E-state index contributed by atoms with van der Waals surface area (Å²) in [7, 11) is 0. The van der Waals surface area contributed by atoms with Crippen molar-refractivity contribution in [3.05, 3.63) is 69.7 Å². The van der Waals surface area contributed by atoms with Gasteiger partial charge in [0.05, 0.1) is 17.8 Å². The number of fused-ring (bicyclic) bond motifs is 1. The molecule has 0 aliphatic rings. The molecule has 2 aromatic heterocycles. The van der Waals surface area contributed by atoms with Crippen molar-refractivity contribution in [1.29, 1.82) is 0 Å². The van der Waals surface area contributed by atoms with E-state index in [0.29, 0.717) is 0 Å². The first-order chi connectivity index (χ1) is 11.9. The molecule has 1 aromatic carbocycles. The van der Waals surface area contributed by atoms with E-state index in [-0.39, 0.29) is 30.0 Å². The van der Waals surface area contributed by atoms with Crippen LogP contribution in [0.3, 0.4) is 0 Å². The molecule has 0 radical (unpaired) electrons. The zero-order chi connectivity index (χ0) is 18.1. The molecule has 2 heterocycles. The number of carbonyl (C=O) groups excluding carboxylic acids is 1. The summed E-state index contributed by atoms with van der Waals surface area (Å²) in [5, 5.41) is 6.87. The van der Waals surface area contributed by atoms with Gasteiger partial charge >= 0.3 is 5.69 Å². The minimum Gasteiger partial charge on any atom is -0.348 e. The van der Waals surface area contributed by atoms with Crippen LogP contribution in [0.25, 0.3) is 5.52 Å². The number of rotatable bonds is 4. The molecule has 6 nitrogen and oxygen atoms in total. The maximum absolute atomic E-state index is 13.0. The molecule has 0 aliphatic heterocycles. The van der Waals surface area contributed by atoms with E-state index in [1.165, 1.54) is 12.1 Å². The number of hydrogen-bond donors (Lipinski definition) is 1. The molecule has 0 aliphatic carbocycles. The van der Waals surface area contributed by atoms with Crippen molar-refractivity contribution in [2.24, 2.45) is 0 Å². The van der Waals surface area contributed by atoms with Gasteiger partial charge in [0.2, 0.25) is 5.91 Å². The lowest BCUT2D eigenvalue weighted by atomic mass is 10.1. The number of nitrogens with one attached hydrogen (secondary N) is 1. The Labute approximate surface area is 143 Å². The minimum absolute atomic E-state index is 0.184. The molecule has 130 valence electrons. The van der Waals surface area contributed by atoms with Crippen molar-refractivity contribution < 1.29 is 9.18 Å². The van der Waals surface area contributed by atoms with Crippen LogP contribution in [0.5, 0.6) is 0 Å². The highest BCUT2D eigenvalue weighted by Crippen LogP contribution is 2.13. The Balaban J connectivity index is 1.78. The summed E-state index contributed by atoms with van der Waals surface area (Å²) in [4.78, 5) is 24.8. The molecule has 0 saturated carbocycles. The average molecular weight is 342 g/mol. The maximum atomic E-state index is 13.0. The van der Waals surface area contributed by atoms with Crippen LogP contribution in [0.4, 0.5) is 4.39 Å². The van der Waals surface area contributed by atoms with Gasteiger partial charge < -0.3 is 5.32 Å². The van der Waals surface area contributed by atoms with Gasteiger partial charge in [0.25, 0.3) is 0 Å². The molecule has 1 amide bonds. The quantitative estimate of drug-likeness (QED) is 0.790. The Morgan fingerprint density at radius 2 is 1.96 bits per heavy atom. The average Bonchev–Trinajstić information content (AvgIpc) is 2.85. The van der Waals surface area contributed by atoms with Crippen LogP contribution >= 0.6 is 0 Å². The van der Waals surface area contributed by atoms with Gasteiger partial charge in [-0.2, -0.15) is 5.10 Å². The molecule has 0 bridgehead atoms. The van der Waals surface area contributed by atoms with E-state index in [1.807, 2.05) is 19.9 Å². The zero-order valence-electron chi connectivity index (χ0n) is 14.3. The van der Waals surface area contributed by atoms with Crippen LogP contribution in [-0.2, 0) is 11.3 Å². The third-order valence-corrected chi connectivity index (χ3v) is 4.20. The number of aromatic nitrogens is 3. The molecule has 7 heteroatoms. The standard InChI is InChI=1S/C18H19FN4O2/c1-11-8-12(2)23-16(11)9-20-22(18(23)25)10-17(24)21-13(3)14-4-6-15(19)7-5-14/h4-9,13H,10H2,1-3H3,(H,21,24)/t13-/m0/s1. The number of aryl methyl sites for hydroxylation is 2. The van der Waals surface area contributed by atoms with E-state index in [2.05, 4.69) is 10.4 Å². The topological polar surface area (TPSA) is 68.4 Å². The Bertz CT molecular complexity index is 989. The van der Waals surface area contributed by atoms with Gasteiger partial charge in [-0.1, -0.05) is 12.1 Å². The summed E-state index contributed by atoms with van der Waals surface area (Å²) < 4.78 is 15.6. The van der Waals surface area contributed by atoms with E-state index in [1.54, 1.807) is 29.7 Å². The third-order valence-electron chi connectivity index (χ3n) is 4.20. The van der Waals surface area contributed by atoms with Crippen LogP contribution in [0, 0.1) is 19.7 Å². The van der Waals surface area contributed by atoms with Crippen molar-refractivity contribution in [3.63, 3.8) is 0 Å². The van der Waals surface area contributed by atoms with Crippen molar-refractivity contribution >= 4 is 11.4 Å². The fraction of sp³-hybridized carbons (Fsp3) is 0.278. The molecule has 25 heavy (non-hydrogen) atoms. The van der Waals surface area contributed by atoms with Crippen LogP contribution in [-0.4, -0.2) is 20.1 Å². The fourth-order valence-corrected chi connectivity index (χ4v) is 2.89. The molecule has 3 rings (SSSR count). The van der Waals surface area contributed by atoms with E-state index in [0.717, 1.165) is 27.0 Å². The number of hydrogen-bond acceptors (Lipinski definition) is 3. The largest absolute Gasteiger partial charge is 0.349 e. The summed E-state index contributed by atoms with van der Waals surface area (Å²) in [6, 6.07) is 7.51. The summed E-state index contributed by atoms with van der Waals surface area (Å²) >= 11 is 0. The van der Waals surface area contributed by atoms with Gasteiger partial charge in [0, 0.05) is 5.69 Å². The van der Waals surface area contributed by atoms with Gasteiger partial charge in [-0.15, -0.1) is 0 Å². The number of benzene rings is 1. The first-order valence-electron chi connectivity index (χ1n) is 7.96. The smallest absolute Gasteiger partial charge is 0.348 e. The van der Waals surface area contributed by atoms with Crippen molar-refractivity contribution in [2.45, 2.75) is 33.4 Å². The predicted molar refractivity (Wildman–Crippen MR) is 91.9 cm³/mol. The molecule has 0 spiro atoms. The maximum Gasteiger partial charge on any atom is 0.349 e. The number of amides is 1. The fourth-order valence-electron chi connectivity index (χ4n) is 2.89. The minimum atomic E-state index is -0.354. The van der Waals surface area contributed by atoms with Crippen LogP contribution in [0.2, 0.25) is 0 Å². The lowest BCUT2D eigenvalue weighted by Gasteiger charge is -2.14. The summed E-state index contributed by atoms with van der Waals surface area (Å²) in [5.74, 6) is -0.670. The molecule has 1 N–H and O–H groups in total. The molecule has 1 atom stereocenters. The van der Waals surface area contributed by atoms with Gasteiger partial charge in [-0.3, -0.25) is 9.20 Å². The Morgan fingerprint density at radius 1 is 1.28 bits per heavy atom. The summed E-state index contributed by atoms with van der Waals surface area (Å²) in [5.41, 5.74) is 2.92. The second-order valence-corrected chi connectivity index (χ2v) is 6.11. The molecule has 0 unspecified atom stereocenters. The Morgan fingerprint density at radius 3 is 2.64 bits per heavy atom. The Kier molecular flexibility index (Phi) is 4.39. The van der Waals surface area contributed by atoms with Crippen LogP contribution in [0.1, 0.15) is 29.8 Å². The highest BCUT2D eigenvalue weighted by Gasteiger charge is 2.14. The van der Waals surface area contributed by atoms with Gasteiger partial charge in [-0.25, -0.2) is 13.9 Å². The third kappa shape index (κ3) is 3.31. The van der Waals surface area contributed by atoms with Crippen molar-refractivity contribution in [3.8, 4) is 0 Å². The van der Waals surface area contributed by atoms with Gasteiger partial charge in [0.1, 0.15) is 12.4 Å². The number of nitrogens with zero attached hydrogens (tertiary/aromatic N) is 3. The first kappa shape index (κ1) is 16.9. The van der Waals surface area contributed by atoms with E-state index in [4.69, 9.17) is 0 Å². The van der Waals surface area contributed by atoms with Gasteiger partial charge in [0.15, 0.2) is 0 Å². The highest BCUT2D eigenvalue weighted by molar-refractivity contribution is 5.76. The zero-order valence-corrected chi connectivity index (χ0v) is 14.3. The molecule has 0 saturated heterocycles. The van der Waals surface area contributed by atoms with Gasteiger partial charge in [-0.05, 0) is 50.1 Å². The number of halogens is 1. The van der Waals surface area contributed by atoms with E-state index in [9.17, 15) is 14.0 Å². The second kappa shape index (κ2) is 6.51. The summed E-state index contributed by atoms with van der Waals surface area (Å²) in [6.45, 7) is 5.36. The van der Waals surface area contributed by atoms with Crippen LogP contribution < -0.4 is 11.0 Å². The molecule has 3 aromatic rings. The lowest BCUT2D eigenvalue weighted by Crippen LogP contribution is -2.37. The monoisotopic (exact) mass is 342 g/mol. The first-order valence-corrected chi connectivity index (χ1v) is 7.96.